The van der Waals surface area contributed by atoms with Gasteiger partial charge in [0.1, 0.15) is 0 Å². The van der Waals surface area contributed by atoms with Crippen LogP contribution >= 0.6 is 0 Å². The van der Waals surface area contributed by atoms with Gasteiger partial charge in [-0.15, -0.1) is 0 Å². The minimum absolute atomic E-state index is 0. The minimum Gasteiger partial charge on any atom is -0.347 e. The van der Waals surface area contributed by atoms with Crippen molar-refractivity contribution in [2.75, 3.05) is 20.6 Å². The van der Waals surface area contributed by atoms with Crippen LogP contribution in [0, 0.1) is 5.41 Å². The van der Waals surface area contributed by atoms with Gasteiger partial charge in [0.2, 0.25) is 11.8 Å². The van der Waals surface area contributed by atoms with Gasteiger partial charge in [-0.05, 0) is 6.42 Å². The highest BCUT2D eigenvalue weighted by atomic mass is 16.2. The highest BCUT2D eigenvalue weighted by molar-refractivity contribution is 5.87. The van der Waals surface area contributed by atoms with Crippen LogP contribution in [0.1, 0.15) is 48.9 Å². The first kappa shape index (κ1) is 18.3. The molecule has 0 atom stereocenters. The Balaban J connectivity index is -0.000000709. The summed E-state index contributed by atoms with van der Waals surface area (Å²) in [7, 11) is 3.34. The lowest BCUT2D eigenvalue weighted by Gasteiger charge is -2.23. The first-order valence-electron chi connectivity index (χ1n) is 6.29. The average Bonchev–Trinajstić information content (AvgIpc) is 2.27. The molecule has 0 aromatic carbocycles. The molecule has 0 aromatic rings. The fraction of sp³-hybridized carbons (Fsp3) is 0.846. The van der Waals surface area contributed by atoms with Crippen molar-refractivity contribution in [3.05, 3.63) is 0 Å². The van der Waals surface area contributed by atoms with Gasteiger partial charge in [-0.25, -0.2) is 0 Å². The summed E-state index contributed by atoms with van der Waals surface area (Å²) in [5, 5.41) is 2.66. The van der Waals surface area contributed by atoms with Gasteiger partial charge in [0, 0.05) is 20.9 Å². The van der Waals surface area contributed by atoms with Crippen LogP contribution in [0.3, 0.4) is 0 Å². The molecule has 1 N–H and O–H groups in total. The quantitative estimate of drug-likeness (QED) is 0.809. The van der Waals surface area contributed by atoms with E-state index in [0.29, 0.717) is 0 Å². The summed E-state index contributed by atoms with van der Waals surface area (Å²) < 4.78 is 0. The summed E-state index contributed by atoms with van der Waals surface area (Å²) in [6.07, 6.45) is 1.79. The molecule has 17 heavy (non-hydrogen) atoms. The second-order valence-corrected chi connectivity index (χ2v) is 4.60. The van der Waals surface area contributed by atoms with Gasteiger partial charge in [-0.2, -0.15) is 0 Å². The van der Waals surface area contributed by atoms with Crippen LogP contribution in [0.25, 0.3) is 0 Å². The minimum atomic E-state index is -0.388. The maximum absolute atomic E-state index is 11.7. The molecule has 0 unspecified atom stereocenters. The first-order chi connectivity index (χ1) is 7.81. The van der Waals surface area contributed by atoms with E-state index in [4.69, 9.17) is 0 Å². The zero-order valence-corrected chi connectivity index (χ0v) is 12.4. The fourth-order valence-electron chi connectivity index (χ4n) is 1.29. The maximum atomic E-state index is 11.7. The lowest BCUT2D eigenvalue weighted by Crippen LogP contribution is -2.42. The van der Waals surface area contributed by atoms with Crippen molar-refractivity contribution < 1.29 is 11.0 Å². The van der Waals surface area contributed by atoms with E-state index in [0.717, 1.165) is 12.8 Å². The number of nitrogens with one attached hydrogen (secondary N) is 1. The SMILES string of the molecule is CC.CCCC(C)(C)C(=O)NCC(=O)N(C)C.[HH]. The van der Waals surface area contributed by atoms with Crippen LogP contribution < -0.4 is 5.32 Å². The molecule has 0 heterocycles. The number of likely N-dealkylation sites (N-methyl/N-ethyl adjacent to an activating group) is 1. The molecular formula is C13H30N2O2. The molecule has 0 aliphatic carbocycles. The Morgan fingerprint density at radius 3 is 2.06 bits per heavy atom. The Kier molecular flexibility index (Phi) is 9.72. The summed E-state index contributed by atoms with van der Waals surface area (Å²) in [6.45, 7) is 9.91. The van der Waals surface area contributed by atoms with Crippen LogP contribution in [0.4, 0.5) is 0 Å². The predicted molar refractivity (Wildman–Crippen MR) is 73.9 cm³/mol. The van der Waals surface area contributed by atoms with Gasteiger partial charge in [0.05, 0.1) is 6.54 Å². The molecule has 0 rings (SSSR count). The summed E-state index contributed by atoms with van der Waals surface area (Å²) >= 11 is 0. The Bertz CT molecular complexity index is 241. The van der Waals surface area contributed by atoms with Crippen LogP contribution in [0.15, 0.2) is 0 Å². The molecule has 4 nitrogen and oxygen atoms in total. The zero-order chi connectivity index (χ0) is 14.1. The van der Waals surface area contributed by atoms with Crippen molar-refractivity contribution in [2.24, 2.45) is 5.41 Å². The van der Waals surface area contributed by atoms with Crippen molar-refractivity contribution in [1.82, 2.24) is 10.2 Å². The zero-order valence-electron chi connectivity index (χ0n) is 12.4. The van der Waals surface area contributed by atoms with E-state index < -0.39 is 0 Å². The van der Waals surface area contributed by atoms with Gasteiger partial charge >= 0.3 is 0 Å². The Labute approximate surface area is 107 Å². The van der Waals surface area contributed by atoms with E-state index in [1.54, 1.807) is 14.1 Å². The molecule has 0 fully saturated rings. The normalized spacial score (nSPS) is 10.1. The Morgan fingerprint density at radius 1 is 1.24 bits per heavy atom. The predicted octanol–water partition coefficient (Wildman–Crippen LogP) is 2.29. The Hall–Kier alpha value is -1.06. The van der Waals surface area contributed by atoms with Gasteiger partial charge in [0.15, 0.2) is 0 Å². The topological polar surface area (TPSA) is 49.4 Å². The van der Waals surface area contributed by atoms with Crippen LogP contribution in [0.2, 0.25) is 0 Å². The molecule has 0 aliphatic rings. The standard InChI is InChI=1S/C11H22N2O2.C2H6.H2/c1-6-7-11(2,3)10(15)12-8-9(14)13(4)5;1-2;/h6-8H2,1-5H3,(H,12,15);1-2H3;1H. The van der Waals surface area contributed by atoms with Gasteiger partial charge in [-0.1, -0.05) is 41.0 Å². The fourth-order valence-corrected chi connectivity index (χ4v) is 1.29. The number of hydrogen-bond donors (Lipinski definition) is 1. The largest absolute Gasteiger partial charge is 0.347 e. The third-order valence-electron chi connectivity index (χ3n) is 2.39. The lowest BCUT2D eigenvalue weighted by atomic mass is 9.87. The average molecular weight is 246 g/mol. The molecule has 0 aromatic heterocycles. The third kappa shape index (κ3) is 7.77. The van der Waals surface area contributed by atoms with Gasteiger partial charge < -0.3 is 10.2 Å². The molecule has 2 amide bonds. The summed E-state index contributed by atoms with van der Waals surface area (Å²) in [5.74, 6) is -0.143. The van der Waals surface area contributed by atoms with Crippen molar-refractivity contribution in [1.29, 1.82) is 0 Å². The van der Waals surface area contributed by atoms with E-state index in [1.807, 2.05) is 34.6 Å². The monoisotopic (exact) mass is 246 g/mol. The van der Waals surface area contributed by atoms with Gasteiger partial charge in [-0.3, -0.25) is 9.59 Å². The smallest absolute Gasteiger partial charge is 0.241 e. The summed E-state index contributed by atoms with van der Waals surface area (Å²) in [5.41, 5.74) is -0.388. The third-order valence-corrected chi connectivity index (χ3v) is 2.39. The van der Waals surface area contributed by atoms with Crippen molar-refractivity contribution >= 4 is 11.8 Å². The second-order valence-electron chi connectivity index (χ2n) is 4.60. The van der Waals surface area contributed by atoms with Crippen LogP contribution in [-0.2, 0) is 9.59 Å². The van der Waals surface area contributed by atoms with Crippen molar-refractivity contribution in [2.45, 2.75) is 47.5 Å². The maximum Gasteiger partial charge on any atom is 0.241 e. The van der Waals surface area contributed by atoms with Crippen LogP contribution in [0.5, 0.6) is 0 Å². The van der Waals surface area contributed by atoms with E-state index in [9.17, 15) is 9.59 Å². The number of amides is 2. The lowest BCUT2D eigenvalue weighted by molar-refractivity contribution is -0.134. The molecule has 0 bridgehead atoms. The van der Waals surface area contributed by atoms with Crippen LogP contribution in [-0.4, -0.2) is 37.4 Å². The molecule has 104 valence electrons. The molecule has 0 spiro atoms. The van der Waals surface area contributed by atoms with Crippen molar-refractivity contribution in [3.63, 3.8) is 0 Å². The molecule has 0 saturated heterocycles. The number of rotatable bonds is 5. The molecule has 0 aliphatic heterocycles. The second kappa shape index (κ2) is 9.02. The summed E-state index contributed by atoms with van der Waals surface area (Å²) in [4.78, 5) is 24.4. The molecule has 4 heteroatoms. The highest BCUT2D eigenvalue weighted by Gasteiger charge is 2.26. The van der Waals surface area contributed by atoms with E-state index in [1.165, 1.54) is 4.90 Å². The molecular weight excluding hydrogens is 216 g/mol. The first-order valence-corrected chi connectivity index (χ1v) is 6.29. The van der Waals surface area contributed by atoms with E-state index >= 15 is 0 Å². The number of carbonyl (C=O) groups excluding carboxylic acids is 2. The summed E-state index contributed by atoms with van der Waals surface area (Å²) in [6, 6.07) is 0. The number of hydrogen-bond acceptors (Lipinski definition) is 2. The number of nitrogens with zero attached hydrogens (tertiary/aromatic N) is 1. The molecule has 0 saturated carbocycles. The highest BCUT2D eigenvalue weighted by Crippen LogP contribution is 2.21. The van der Waals surface area contributed by atoms with Crippen molar-refractivity contribution in [3.8, 4) is 0 Å². The Morgan fingerprint density at radius 2 is 1.71 bits per heavy atom. The van der Waals surface area contributed by atoms with Gasteiger partial charge in [0.25, 0.3) is 0 Å². The number of carbonyl (C=O) groups is 2. The van der Waals surface area contributed by atoms with E-state index in [-0.39, 0.29) is 25.2 Å². The molecule has 0 radical (unpaired) electrons. The van der Waals surface area contributed by atoms with E-state index in [2.05, 4.69) is 5.32 Å².